The first-order valence-electron chi connectivity index (χ1n) is 11.5. The van der Waals surface area contributed by atoms with Crippen molar-refractivity contribution < 1.29 is 28.7 Å². The van der Waals surface area contributed by atoms with Crippen molar-refractivity contribution in [3.05, 3.63) is 0 Å². The van der Waals surface area contributed by atoms with E-state index in [0.717, 1.165) is 12.8 Å². The molecule has 2 amide bonds. The Morgan fingerprint density at radius 1 is 0.781 bits per heavy atom. The summed E-state index contributed by atoms with van der Waals surface area (Å²) in [5, 5.41) is 0. The SMILES string of the molecule is CC(CS)C(=O)N1CCCC1C(=O)OCCCCOC(=O)C1CCCN1C(=O)C(C)CS. The minimum Gasteiger partial charge on any atom is -0.464 e. The molecule has 0 aromatic rings. The number of likely N-dealkylation sites (tertiary alicyclic amines) is 2. The third-order valence-electron chi connectivity index (χ3n) is 6.03. The molecule has 2 saturated heterocycles. The molecule has 8 nitrogen and oxygen atoms in total. The summed E-state index contributed by atoms with van der Waals surface area (Å²) in [4.78, 5) is 52.8. The van der Waals surface area contributed by atoms with Crippen molar-refractivity contribution in [2.75, 3.05) is 37.8 Å². The maximum absolute atomic E-state index is 12.4. The summed E-state index contributed by atoms with van der Waals surface area (Å²) < 4.78 is 10.7. The first-order chi connectivity index (χ1) is 15.3. The molecule has 10 heteroatoms. The van der Waals surface area contributed by atoms with E-state index in [-0.39, 0.29) is 48.8 Å². The molecule has 0 spiro atoms. The smallest absolute Gasteiger partial charge is 0.328 e. The minimum absolute atomic E-state index is 0.0606. The van der Waals surface area contributed by atoms with Crippen LogP contribution in [0.15, 0.2) is 0 Å². The molecule has 0 aliphatic carbocycles. The third kappa shape index (κ3) is 7.04. The molecule has 0 bridgehead atoms. The molecule has 2 fully saturated rings. The zero-order valence-corrected chi connectivity index (χ0v) is 20.8. The van der Waals surface area contributed by atoms with Crippen LogP contribution in [0.4, 0.5) is 0 Å². The maximum Gasteiger partial charge on any atom is 0.328 e. The van der Waals surface area contributed by atoms with Crippen LogP contribution in [0, 0.1) is 11.8 Å². The predicted molar refractivity (Wildman–Crippen MR) is 127 cm³/mol. The lowest BCUT2D eigenvalue weighted by atomic mass is 10.1. The number of carbonyl (C=O) groups excluding carboxylic acids is 4. The van der Waals surface area contributed by atoms with E-state index in [9.17, 15) is 19.2 Å². The zero-order chi connectivity index (χ0) is 23.7. The molecule has 0 N–H and O–H groups in total. The molecule has 2 aliphatic rings. The number of nitrogens with zero attached hydrogens (tertiary/aromatic N) is 2. The van der Waals surface area contributed by atoms with Gasteiger partial charge < -0.3 is 19.3 Å². The Bertz CT molecular complexity index is 621. The van der Waals surface area contributed by atoms with Gasteiger partial charge in [0, 0.05) is 36.4 Å². The second-order valence-corrected chi connectivity index (χ2v) is 9.32. The third-order valence-corrected chi connectivity index (χ3v) is 7.13. The van der Waals surface area contributed by atoms with E-state index in [1.54, 1.807) is 23.6 Å². The summed E-state index contributed by atoms with van der Waals surface area (Å²) in [6, 6.07) is -1.04. The molecular weight excluding hydrogens is 452 g/mol. The summed E-state index contributed by atoms with van der Waals surface area (Å²) in [6.07, 6.45) is 3.91. The van der Waals surface area contributed by atoms with E-state index in [1.807, 2.05) is 0 Å². The number of unbranched alkanes of at least 4 members (excludes halogenated alkanes) is 1. The number of hydrogen-bond acceptors (Lipinski definition) is 8. The lowest BCUT2D eigenvalue weighted by Gasteiger charge is -2.26. The first kappa shape index (κ1) is 26.8. The molecule has 32 heavy (non-hydrogen) atoms. The lowest BCUT2D eigenvalue weighted by Crippen LogP contribution is -2.44. The number of esters is 2. The fraction of sp³-hybridized carbons (Fsp3) is 0.818. The fourth-order valence-corrected chi connectivity index (χ4v) is 4.33. The van der Waals surface area contributed by atoms with Gasteiger partial charge in [-0.15, -0.1) is 0 Å². The summed E-state index contributed by atoms with van der Waals surface area (Å²) in [5.41, 5.74) is 0. The van der Waals surface area contributed by atoms with Crippen LogP contribution in [0.1, 0.15) is 52.4 Å². The Labute approximate surface area is 201 Å². The van der Waals surface area contributed by atoms with E-state index in [0.29, 0.717) is 50.3 Å². The van der Waals surface area contributed by atoms with Gasteiger partial charge in [0.05, 0.1) is 13.2 Å². The van der Waals surface area contributed by atoms with Crippen molar-refractivity contribution >= 4 is 49.0 Å². The second-order valence-electron chi connectivity index (χ2n) is 8.59. The van der Waals surface area contributed by atoms with Crippen molar-refractivity contribution in [3.63, 3.8) is 0 Å². The van der Waals surface area contributed by atoms with Crippen LogP contribution in [-0.4, -0.2) is 83.4 Å². The molecule has 0 aromatic carbocycles. The number of ether oxygens (including phenoxy) is 2. The van der Waals surface area contributed by atoms with Crippen molar-refractivity contribution in [3.8, 4) is 0 Å². The van der Waals surface area contributed by atoms with Crippen molar-refractivity contribution in [1.82, 2.24) is 9.80 Å². The van der Waals surface area contributed by atoms with Gasteiger partial charge in [-0.2, -0.15) is 25.3 Å². The molecule has 182 valence electrons. The first-order valence-corrected chi connectivity index (χ1v) is 12.7. The Hall–Kier alpha value is -1.42. The standard InChI is InChI=1S/C22H36N2O6S2/c1-15(13-31)19(25)23-9-5-7-17(23)21(27)29-11-3-4-12-30-22(28)18-8-6-10-24(18)20(26)16(2)14-32/h15-18,31-32H,3-14H2,1-2H3. The van der Waals surface area contributed by atoms with Crippen molar-refractivity contribution in [2.45, 2.75) is 64.5 Å². The Morgan fingerprint density at radius 2 is 1.16 bits per heavy atom. The van der Waals surface area contributed by atoms with Crippen molar-refractivity contribution in [1.29, 1.82) is 0 Å². The number of amides is 2. The van der Waals surface area contributed by atoms with Gasteiger partial charge in [-0.1, -0.05) is 13.8 Å². The number of carbonyl (C=O) groups is 4. The highest BCUT2D eigenvalue weighted by atomic mass is 32.1. The average Bonchev–Trinajstić information content (AvgIpc) is 3.48. The van der Waals surface area contributed by atoms with Gasteiger partial charge in [0.25, 0.3) is 0 Å². The van der Waals surface area contributed by atoms with Gasteiger partial charge in [-0.25, -0.2) is 9.59 Å². The van der Waals surface area contributed by atoms with E-state index in [4.69, 9.17) is 9.47 Å². The highest BCUT2D eigenvalue weighted by Crippen LogP contribution is 2.23. The van der Waals surface area contributed by atoms with E-state index in [2.05, 4.69) is 25.3 Å². The topological polar surface area (TPSA) is 93.2 Å². The molecule has 4 atom stereocenters. The summed E-state index contributed by atoms with van der Waals surface area (Å²) in [5.74, 6) is -0.449. The zero-order valence-electron chi connectivity index (χ0n) is 19.0. The van der Waals surface area contributed by atoms with Crippen molar-refractivity contribution in [2.24, 2.45) is 11.8 Å². The minimum atomic E-state index is -0.520. The lowest BCUT2D eigenvalue weighted by molar-refractivity contribution is -0.155. The molecule has 0 aromatic heterocycles. The van der Waals surface area contributed by atoms with Gasteiger partial charge in [0.15, 0.2) is 0 Å². The molecule has 2 aliphatic heterocycles. The Balaban J connectivity index is 1.66. The molecule has 0 saturated carbocycles. The van der Waals surface area contributed by atoms with Gasteiger partial charge in [0.1, 0.15) is 12.1 Å². The Kier molecular flexibility index (Phi) is 11.2. The average molecular weight is 489 g/mol. The second kappa shape index (κ2) is 13.3. The van der Waals surface area contributed by atoms with Crippen LogP contribution >= 0.6 is 25.3 Å². The van der Waals surface area contributed by atoms with Gasteiger partial charge in [0.2, 0.25) is 11.8 Å². The largest absolute Gasteiger partial charge is 0.464 e. The molecule has 0 radical (unpaired) electrons. The normalized spacial score (nSPS) is 22.5. The monoisotopic (exact) mass is 488 g/mol. The quantitative estimate of drug-likeness (QED) is 0.262. The summed E-state index contributed by atoms with van der Waals surface area (Å²) in [7, 11) is 0. The van der Waals surface area contributed by atoms with Crippen LogP contribution in [0.2, 0.25) is 0 Å². The predicted octanol–water partition coefficient (Wildman–Crippen LogP) is 1.97. The van der Waals surface area contributed by atoms with Crippen LogP contribution in [0.3, 0.4) is 0 Å². The van der Waals surface area contributed by atoms with Gasteiger partial charge in [-0.05, 0) is 38.5 Å². The maximum atomic E-state index is 12.4. The number of rotatable bonds is 11. The molecule has 2 rings (SSSR count). The fourth-order valence-electron chi connectivity index (χ4n) is 4.02. The highest BCUT2D eigenvalue weighted by molar-refractivity contribution is 7.80. The van der Waals surface area contributed by atoms with Crippen LogP contribution in [-0.2, 0) is 28.7 Å². The van der Waals surface area contributed by atoms with Crippen LogP contribution in [0.25, 0.3) is 0 Å². The molecular formula is C22H36N2O6S2. The van der Waals surface area contributed by atoms with Crippen LogP contribution < -0.4 is 0 Å². The molecule has 4 unspecified atom stereocenters. The van der Waals surface area contributed by atoms with Crippen LogP contribution in [0.5, 0.6) is 0 Å². The summed E-state index contributed by atoms with van der Waals surface area (Å²) >= 11 is 8.33. The van der Waals surface area contributed by atoms with E-state index < -0.39 is 12.1 Å². The van der Waals surface area contributed by atoms with E-state index in [1.165, 1.54) is 0 Å². The number of thiol groups is 2. The van der Waals surface area contributed by atoms with E-state index >= 15 is 0 Å². The Morgan fingerprint density at radius 3 is 1.50 bits per heavy atom. The highest BCUT2D eigenvalue weighted by Gasteiger charge is 2.37. The van der Waals surface area contributed by atoms with Gasteiger partial charge in [-0.3, -0.25) is 9.59 Å². The molecule has 2 heterocycles. The summed E-state index contributed by atoms with van der Waals surface area (Å²) in [6.45, 7) is 5.17. The van der Waals surface area contributed by atoms with Gasteiger partial charge >= 0.3 is 11.9 Å². The number of hydrogen-bond donors (Lipinski definition) is 2.